The maximum Gasteiger partial charge on any atom is 0.446 e. The summed E-state index contributed by atoms with van der Waals surface area (Å²) in [6, 6.07) is 5.11. The van der Waals surface area contributed by atoms with Crippen molar-refractivity contribution in [1.82, 2.24) is 10.6 Å². The fourth-order valence-electron chi connectivity index (χ4n) is 1.84. The third-order valence-electron chi connectivity index (χ3n) is 2.88. The Morgan fingerprint density at radius 1 is 1.04 bits per heavy atom. The first-order chi connectivity index (χ1) is 11.7. The average molecular weight is 392 g/mol. The second-order valence-corrected chi connectivity index (χ2v) is 8.40. The van der Waals surface area contributed by atoms with Crippen LogP contribution in [0, 0.1) is 0 Å². The Morgan fingerprint density at radius 2 is 1.58 bits per heavy atom. The average Bonchev–Trinajstić information content (AvgIpc) is 2.42. The van der Waals surface area contributed by atoms with Gasteiger partial charge in [-0.2, -0.15) is 13.2 Å². The Morgan fingerprint density at radius 3 is 2.04 bits per heavy atom. The summed E-state index contributed by atoms with van der Waals surface area (Å²) >= 11 is -0.243. The van der Waals surface area contributed by atoms with Gasteiger partial charge in [0.25, 0.3) is 5.91 Å². The molecule has 26 heavy (non-hydrogen) atoms. The van der Waals surface area contributed by atoms with Gasteiger partial charge in [0, 0.05) is 17.0 Å². The molecule has 0 heterocycles. The monoisotopic (exact) mass is 392 g/mol. The standard InChI is InChI=1S/C17H23F3N2O3S/c1-15(2,3)25-14(24)21-10-16(4,5)22-13(23)11-6-8-12(9-7-11)26-17(18,19)20/h6-9H,10H2,1-5H3,(H,21,24)(H,22,23). The molecule has 0 spiro atoms. The summed E-state index contributed by atoms with van der Waals surface area (Å²) in [5, 5.41) is 5.29. The van der Waals surface area contributed by atoms with Gasteiger partial charge >= 0.3 is 11.6 Å². The van der Waals surface area contributed by atoms with Crippen molar-refractivity contribution in [3.05, 3.63) is 29.8 Å². The lowest BCUT2D eigenvalue weighted by Gasteiger charge is -2.28. The topological polar surface area (TPSA) is 67.4 Å². The Kier molecular flexibility index (Phi) is 6.98. The van der Waals surface area contributed by atoms with Crippen LogP contribution in [0.25, 0.3) is 0 Å². The lowest BCUT2D eigenvalue weighted by atomic mass is 10.0. The van der Waals surface area contributed by atoms with Gasteiger partial charge in [0.2, 0.25) is 0 Å². The van der Waals surface area contributed by atoms with Crippen molar-refractivity contribution < 1.29 is 27.5 Å². The number of nitrogens with one attached hydrogen (secondary N) is 2. The van der Waals surface area contributed by atoms with Crippen LogP contribution in [-0.4, -0.2) is 35.2 Å². The molecule has 0 aliphatic rings. The Hall–Kier alpha value is -1.90. The molecular formula is C17H23F3N2O3S. The highest BCUT2D eigenvalue weighted by molar-refractivity contribution is 8.00. The van der Waals surface area contributed by atoms with Crippen molar-refractivity contribution >= 4 is 23.8 Å². The number of thioether (sulfide) groups is 1. The molecule has 1 aromatic carbocycles. The lowest BCUT2D eigenvalue weighted by molar-refractivity contribution is -0.0328. The van der Waals surface area contributed by atoms with E-state index in [4.69, 9.17) is 4.74 Å². The van der Waals surface area contributed by atoms with E-state index in [0.717, 1.165) is 0 Å². The maximum atomic E-state index is 12.3. The number of hydrogen-bond acceptors (Lipinski definition) is 4. The molecule has 0 saturated heterocycles. The van der Waals surface area contributed by atoms with E-state index in [-0.39, 0.29) is 28.8 Å². The van der Waals surface area contributed by atoms with Crippen LogP contribution in [0.1, 0.15) is 45.0 Å². The van der Waals surface area contributed by atoms with E-state index in [1.807, 2.05) is 0 Å². The summed E-state index contributed by atoms with van der Waals surface area (Å²) in [5.41, 5.74) is -5.57. The largest absolute Gasteiger partial charge is 0.446 e. The Balaban J connectivity index is 2.61. The van der Waals surface area contributed by atoms with Crippen molar-refractivity contribution in [2.75, 3.05) is 6.54 Å². The van der Waals surface area contributed by atoms with Crippen LogP contribution in [0.3, 0.4) is 0 Å². The number of halogens is 3. The van der Waals surface area contributed by atoms with Crippen LogP contribution in [0.15, 0.2) is 29.2 Å². The third-order valence-corrected chi connectivity index (χ3v) is 3.61. The zero-order valence-electron chi connectivity index (χ0n) is 15.3. The number of alkyl halides is 3. The summed E-state index contributed by atoms with van der Waals surface area (Å²) in [7, 11) is 0. The first-order valence-electron chi connectivity index (χ1n) is 7.82. The van der Waals surface area contributed by atoms with Crippen LogP contribution >= 0.6 is 11.8 Å². The number of amides is 2. The molecule has 0 bridgehead atoms. The van der Waals surface area contributed by atoms with Crippen molar-refractivity contribution in [2.24, 2.45) is 0 Å². The molecule has 2 amide bonds. The van der Waals surface area contributed by atoms with Crippen LogP contribution in [-0.2, 0) is 4.74 Å². The molecule has 0 unspecified atom stereocenters. The van der Waals surface area contributed by atoms with E-state index in [0.29, 0.717) is 0 Å². The molecule has 0 atom stereocenters. The fraction of sp³-hybridized carbons (Fsp3) is 0.529. The van der Waals surface area contributed by atoms with Gasteiger partial charge in [-0.15, -0.1) is 0 Å². The molecule has 5 nitrogen and oxygen atoms in total. The summed E-state index contributed by atoms with van der Waals surface area (Å²) in [6.07, 6.45) is -0.603. The van der Waals surface area contributed by atoms with E-state index in [1.54, 1.807) is 34.6 Å². The first-order valence-corrected chi connectivity index (χ1v) is 8.64. The smallest absolute Gasteiger partial charge is 0.444 e. The maximum absolute atomic E-state index is 12.3. The number of hydrogen-bond donors (Lipinski definition) is 2. The second-order valence-electron chi connectivity index (χ2n) is 7.27. The summed E-state index contributed by atoms with van der Waals surface area (Å²) in [4.78, 5) is 23.9. The normalized spacial score (nSPS) is 12.5. The number of carbonyl (C=O) groups is 2. The minimum absolute atomic E-state index is 0.0000902. The molecule has 0 radical (unpaired) electrons. The lowest BCUT2D eigenvalue weighted by Crippen LogP contribution is -2.52. The highest BCUT2D eigenvalue weighted by Crippen LogP contribution is 2.36. The van der Waals surface area contributed by atoms with Gasteiger partial charge < -0.3 is 15.4 Å². The van der Waals surface area contributed by atoms with Crippen LogP contribution in [0.2, 0.25) is 0 Å². The summed E-state index contributed by atoms with van der Waals surface area (Å²) < 4.78 is 42.1. The molecule has 1 aromatic rings. The number of benzene rings is 1. The van der Waals surface area contributed by atoms with Gasteiger partial charge in [0.1, 0.15) is 5.60 Å². The van der Waals surface area contributed by atoms with E-state index < -0.39 is 28.6 Å². The van der Waals surface area contributed by atoms with E-state index in [9.17, 15) is 22.8 Å². The van der Waals surface area contributed by atoms with Gasteiger partial charge in [-0.3, -0.25) is 4.79 Å². The molecule has 0 aliphatic heterocycles. The molecule has 9 heteroatoms. The molecule has 0 aliphatic carbocycles. The molecule has 2 N–H and O–H groups in total. The highest BCUT2D eigenvalue weighted by atomic mass is 32.2. The van der Waals surface area contributed by atoms with Crippen LogP contribution in [0.4, 0.5) is 18.0 Å². The minimum atomic E-state index is -4.38. The predicted molar refractivity (Wildman–Crippen MR) is 94.1 cm³/mol. The number of ether oxygens (including phenoxy) is 1. The van der Waals surface area contributed by atoms with Crippen molar-refractivity contribution in [2.45, 2.75) is 56.2 Å². The van der Waals surface area contributed by atoms with Crippen molar-refractivity contribution in [3.63, 3.8) is 0 Å². The molecule has 0 fully saturated rings. The number of rotatable bonds is 5. The second kappa shape index (κ2) is 8.20. The van der Waals surface area contributed by atoms with E-state index in [1.165, 1.54) is 24.3 Å². The molecule has 146 valence electrons. The number of carbonyl (C=O) groups excluding carboxylic acids is 2. The predicted octanol–water partition coefficient (Wildman–Crippen LogP) is 4.33. The Labute approximate surface area is 155 Å². The SMILES string of the molecule is CC(C)(CNC(=O)OC(C)(C)C)NC(=O)c1ccc(SC(F)(F)F)cc1. The fourth-order valence-corrected chi connectivity index (χ4v) is 2.38. The molecular weight excluding hydrogens is 369 g/mol. The number of alkyl carbamates (subject to hydrolysis) is 1. The molecule has 1 rings (SSSR count). The zero-order valence-corrected chi connectivity index (χ0v) is 16.1. The van der Waals surface area contributed by atoms with Crippen LogP contribution < -0.4 is 10.6 Å². The van der Waals surface area contributed by atoms with Crippen LogP contribution in [0.5, 0.6) is 0 Å². The van der Waals surface area contributed by atoms with Gasteiger partial charge in [0.15, 0.2) is 0 Å². The third kappa shape index (κ3) is 8.98. The zero-order chi connectivity index (χ0) is 20.2. The Bertz CT molecular complexity index is 638. The van der Waals surface area contributed by atoms with Gasteiger partial charge in [0.05, 0.1) is 5.54 Å². The minimum Gasteiger partial charge on any atom is -0.444 e. The summed E-state index contributed by atoms with van der Waals surface area (Å²) in [5.74, 6) is -0.454. The van der Waals surface area contributed by atoms with Gasteiger partial charge in [-0.05, 0) is 70.6 Å². The van der Waals surface area contributed by atoms with Crippen molar-refractivity contribution in [1.29, 1.82) is 0 Å². The summed E-state index contributed by atoms with van der Waals surface area (Å²) in [6.45, 7) is 8.74. The molecule has 0 aromatic heterocycles. The highest BCUT2D eigenvalue weighted by Gasteiger charge is 2.29. The first kappa shape index (κ1) is 22.1. The van der Waals surface area contributed by atoms with Gasteiger partial charge in [-0.1, -0.05) is 0 Å². The van der Waals surface area contributed by atoms with E-state index in [2.05, 4.69) is 10.6 Å². The van der Waals surface area contributed by atoms with Crippen molar-refractivity contribution in [3.8, 4) is 0 Å². The van der Waals surface area contributed by atoms with E-state index >= 15 is 0 Å². The van der Waals surface area contributed by atoms with Gasteiger partial charge in [-0.25, -0.2) is 4.79 Å². The molecule has 0 saturated carbocycles. The quantitative estimate of drug-likeness (QED) is 0.732.